The van der Waals surface area contributed by atoms with Gasteiger partial charge in [-0.25, -0.2) is 4.79 Å². The number of piperidine rings is 1. The Balaban J connectivity index is 2.30. The molecule has 0 bridgehead atoms. The standard InChI is InChI=1S/C16H30N4O4/c1-11(13(17)21)20-9-5-6-12(10-20)14(22)18-7-8-19-15(23)24-16(2,3)4/h11-12H,5-10H2,1-4H3,(H2,17,21)(H,18,22)(H,19,23)/t11-,12+/m0/s1. The fourth-order valence-electron chi connectivity index (χ4n) is 2.56. The van der Waals surface area contributed by atoms with Gasteiger partial charge in [0.25, 0.3) is 0 Å². The Morgan fingerprint density at radius 1 is 1.25 bits per heavy atom. The van der Waals surface area contributed by atoms with Gasteiger partial charge in [0.1, 0.15) is 5.60 Å². The van der Waals surface area contributed by atoms with Gasteiger partial charge in [-0.3, -0.25) is 14.5 Å². The van der Waals surface area contributed by atoms with Gasteiger partial charge in [0.2, 0.25) is 11.8 Å². The summed E-state index contributed by atoms with van der Waals surface area (Å²) in [7, 11) is 0. The molecular weight excluding hydrogens is 312 g/mol. The Morgan fingerprint density at radius 3 is 2.46 bits per heavy atom. The number of primary amides is 1. The van der Waals surface area contributed by atoms with Crippen molar-refractivity contribution in [3.63, 3.8) is 0 Å². The molecule has 0 aromatic rings. The molecule has 1 heterocycles. The first-order valence-electron chi connectivity index (χ1n) is 8.38. The molecule has 8 heteroatoms. The first-order valence-corrected chi connectivity index (χ1v) is 8.38. The number of nitrogens with two attached hydrogens (primary N) is 1. The zero-order chi connectivity index (χ0) is 18.3. The average Bonchev–Trinajstić information content (AvgIpc) is 2.48. The van der Waals surface area contributed by atoms with Crippen molar-refractivity contribution < 1.29 is 19.1 Å². The first kappa shape index (κ1) is 20.2. The van der Waals surface area contributed by atoms with Gasteiger partial charge in [0, 0.05) is 19.6 Å². The smallest absolute Gasteiger partial charge is 0.407 e. The highest BCUT2D eigenvalue weighted by molar-refractivity contribution is 5.80. The number of alkyl carbamates (subject to hydrolysis) is 1. The molecule has 1 fully saturated rings. The van der Waals surface area contributed by atoms with Gasteiger partial charge in [0.05, 0.1) is 12.0 Å². The van der Waals surface area contributed by atoms with E-state index in [-0.39, 0.29) is 23.8 Å². The van der Waals surface area contributed by atoms with Crippen LogP contribution >= 0.6 is 0 Å². The van der Waals surface area contributed by atoms with Crippen molar-refractivity contribution in [2.45, 2.75) is 52.2 Å². The highest BCUT2D eigenvalue weighted by atomic mass is 16.6. The number of carbonyl (C=O) groups excluding carboxylic acids is 3. The Kier molecular flexibility index (Phi) is 7.47. The average molecular weight is 342 g/mol. The van der Waals surface area contributed by atoms with Crippen LogP contribution in [0.5, 0.6) is 0 Å². The zero-order valence-electron chi connectivity index (χ0n) is 15.1. The summed E-state index contributed by atoms with van der Waals surface area (Å²) in [6.07, 6.45) is 1.13. The van der Waals surface area contributed by atoms with Crippen LogP contribution in [0.2, 0.25) is 0 Å². The minimum absolute atomic E-state index is 0.0673. The Bertz CT molecular complexity index is 461. The lowest BCUT2D eigenvalue weighted by Gasteiger charge is -2.34. The van der Waals surface area contributed by atoms with Crippen LogP contribution in [0.15, 0.2) is 0 Å². The van der Waals surface area contributed by atoms with Crippen molar-refractivity contribution in [2.75, 3.05) is 26.2 Å². The van der Waals surface area contributed by atoms with Gasteiger partial charge in [-0.1, -0.05) is 0 Å². The summed E-state index contributed by atoms with van der Waals surface area (Å²) in [5.74, 6) is -0.609. The molecule has 24 heavy (non-hydrogen) atoms. The predicted octanol–water partition coefficient (Wildman–Crippen LogP) is 0.213. The molecule has 138 valence electrons. The van der Waals surface area contributed by atoms with Crippen molar-refractivity contribution in [2.24, 2.45) is 11.7 Å². The van der Waals surface area contributed by atoms with Crippen molar-refractivity contribution in [1.29, 1.82) is 0 Å². The molecule has 3 amide bonds. The molecule has 0 spiro atoms. The molecule has 4 N–H and O–H groups in total. The second kappa shape index (κ2) is 8.86. The molecule has 1 aliphatic heterocycles. The second-order valence-electron chi connectivity index (χ2n) is 7.13. The molecule has 0 aromatic heterocycles. The van der Waals surface area contributed by atoms with E-state index in [4.69, 9.17) is 10.5 Å². The van der Waals surface area contributed by atoms with Gasteiger partial charge < -0.3 is 21.1 Å². The summed E-state index contributed by atoms with van der Waals surface area (Å²) in [5.41, 5.74) is 4.78. The summed E-state index contributed by atoms with van der Waals surface area (Å²) >= 11 is 0. The van der Waals surface area contributed by atoms with E-state index in [2.05, 4.69) is 10.6 Å². The van der Waals surface area contributed by atoms with Crippen molar-refractivity contribution in [1.82, 2.24) is 15.5 Å². The Morgan fingerprint density at radius 2 is 1.88 bits per heavy atom. The molecular formula is C16H30N4O4. The van der Waals surface area contributed by atoms with Crippen LogP contribution in [0.1, 0.15) is 40.5 Å². The van der Waals surface area contributed by atoms with E-state index in [0.29, 0.717) is 19.6 Å². The molecule has 1 saturated heterocycles. The van der Waals surface area contributed by atoms with Crippen LogP contribution in [-0.4, -0.2) is 60.6 Å². The Hall–Kier alpha value is -1.83. The van der Waals surface area contributed by atoms with Crippen LogP contribution in [0.3, 0.4) is 0 Å². The molecule has 0 aromatic carbocycles. The van der Waals surface area contributed by atoms with Crippen LogP contribution in [0, 0.1) is 5.92 Å². The lowest BCUT2D eigenvalue weighted by atomic mass is 9.96. The third-order valence-corrected chi connectivity index (χ3v) is 3.88. The maximum Gasteiger partial charge on any atom is 0.407 e. The van der Waals surface area contributed by atoms with Gasteiger partial charge >= 0.3 is 6.09 Å². The van der Waals surface area contributed by atoms with Gasteiger partial charge in [-0.05, 0) is 47.1 Å². The summed E-state index contributed by atoms with van der Waals surface area (Å²) < 4.78 is 5.11. The molecule has 0 aliphatic carbocycles. The first-order chi connectivity index (χ1) is 11.1. The van der Waals surface area contributed by atoms with Crippen molar-refractivity contribution in [3.05, 3.63) is 0 Å². The Labute approximate surface area is 143 Å². The lowest BCUT2D eigenvalue weighted by Crippen LogP contribution is -2.50. The summed E-state index contributed by atoms with van der Waals surface area (Å²) in [6, 6.07) is -0.366. The van der Waals surface area contributed by atoms with Crippen LogP contribution in [0.4, 0.5) is 4.79 Å². The third kappa shape index (κ3) is 7.16. The summed E-state index contributed by atoms with van der Waals surface area (Å²) in [5, 5.41) is 5.40. The maximum atomic E-state index is 12.2. The van der Waals surface area contributed by atoms with E-state index in [1.165, 1.54) is 0 Å². The number of hydrogen-bond acceptors (Lipinski definition) is 5. The number of nitrogens with zero attached hydrogens (tertiary/aromatic N) is 1. The van der Waals surface area contributed by atoms with Crippen molar-refractivity contribution >= 4 is 17.9 Å². The number of ether oxygens (including phenoxy) is 1. The summed E-state index contributed by atoms with van der Waals surface area (Å²) in [4.78, 5) is 36.9. The topological polar surface area (TPSA) is 114 Å². The SMILES string of the molecule is C[C@@H](C(N)=O)N1CCC[C@@H](C(=O)NCCNC(=O)OC(C)(C)C)C1. The fourth-order valence-corrected chi connectivity index (χ4v) is 2.56. The normalized spacial score (nSPS) is 20.1. The van der Waals surface area contributed by atoms with Crippen LogP contribution in [-0.2, 0) is 14.3 Å². The van der Waals surface area contributed by atoms with E-state index < -0.39 is 11.7 Å². The second-order valence-corrected chi connectivity index (χ2v) is 7.13. The molecule has 8 nitrogen and oxygen atoms in total. The lowest BCUT2D eigenvalue weighted by molar-refractivity contribution is -0.129. The minimum Gasteiger partial charge on any atom is -0.444 e. The quantitative estimate of drug-likeness (QED) is 0.597. The number of nitrogens with one attached hydrogen (secondary N) is 2. The number of carbonyl (C=O) groups is 3. The van der Waals surface area contributed by atoms with Crippen molar-refractivity contribution in [3.8, 4) is 0 Å². The minimum atomic E-state index is -0.546. The van der Waals surface area contributed by atoms with E-state index >= 15 is 0 Å². The van der Waals surface area contributed by atoms with E-state index in [9.17, 15) is 14.4 Å². The van der Waals surface area contributed by atoms with Crippen LogP contribution in [0.25, 0.3) is 0 Å². The predicted molar refractivity (Wildman–Crippen MR) is 90.2 cm³/mol. The van der Waals surface area contributed by atoms with Gasteiger partial charge in [-0.15, -0.1) is 0 Å². The highest BCUT2D eigenvalue weighted by Crippen LogP contribution is 2.18. The molecule has 2 atom stereocenters. The molecule has 0 radical (unpaired) electrons. The van der Waals surface area contributed by atoms with Crippen LogP contribution < -0.4 is 16.4 Å². The monoisotopic (exact) mass is 342 g/mol. The molecule has 0 unspecified atom stereocenters. The number of rotatable bonds is 6. The van der Waals surface area contributed by atoms with E-state index in [1.807, 2.05) is 4.90 Å². The zero-order valence-corrected chi connectivity index (χ0v) is 15.1. The largest absolute Gasteiger partial charge is 0.444 e. The summed E-state index contributed by atoms with van der Waals surface area (Å²) in [6.45, 7) is 9.05. The number of amides is 3. The number of hydrogen-bond donors (Lipinski definition) is 3. The third-order valence-electron chi connectivity index (χ3n) is 3.88. The maximum absolute atomic E-state index is 12.2. The fraction of sp³-hybridized carbons (Fsp3) is 0.812. The number of likely N-dealkylation sites (tertiary alicyclic amines) is 1. The molecule has 0 saturated carbocycles. The molecule has 1 aliphatic rings. The highest BCUT2D eigenvalue weighted by Gasteiger charge is 2.29. The molecule has 1 rings (SSSR count). The van der Waals surface area contributed by atoms with Gasteiger partial charge in [0.15, 0.2) is 0 Å². The van der Waals surface area contributed by atoms with E-state index in [0.717, 1.165) is 19.4 Å². The van der Waals surface area contributed by atoms with Gasteiger partial charge in [-0.2, -0.15) is 0 Å². The van der Waals surface area contributed by atoms with E-state index in [1.54, 1.807) is 27.7 Å².